The average molecular weight is 316 g/mol. The molecule has 0 N–H and O–H groups in total. The minimum Gasteiger partial charge on any atom is -0.290 e. The number of hydrogen-bond acceptors (Lipinski definition) is 7. The minimum absolute atomic E-state index is 0.0740. The molecule has 116 valence electrons. The van der Waals surface area contributed by atoms with Crippen molar-refractivity contribution in [3.8, 4) is 0 Å². The Morgan fingerprint density at radius 1 is 0.667 bits per heavy atom. The van der Waals surface area contributed by atoms with Gasteiger partial charge in [-0.3, -0.25) is 4.79 Å². The van der Waals surface area contributed by atoms with Gasteiger partial charge in [0.25, 0.3) is 0 Å². The van der Waals surface area contributed by atoms with E-state index < -0.39 is 0 Å². The summed E-state index contributed by atoms with van der Waals surface area (Å²) >= 11 is 0. The van der Waals surface area contributed by atoms with Crippen LogP contribution in [0.15, 0.2) is 81.6 Å². The minimum atomic E-state index is -0.0740. The molecule has 24 heavy (non-hydrogen) atoms. The van der Waals surface area contributed by atoms with E-state index in [1.165, 1.54) is 10.2 Å². The Labute approximate surface area is 137 Å². The molecule has 0 aromatic heterocycles. The van der Waals surface area contributed by atoms with Crippen LogP contribution in [0.1, 0.15) is 11.1 Å². The van der Waals surface area contributed by atoms with Crippen molar-refractivity contribution in [3.63, 3.8) is 0 Å². The van der Waals surface area contributed by atoms with Gasteiger partial charge in [-0.05, 0) is 68.4 Å². The van der Waals surface area contributed by atoms with E-state index in [1.54, 1.807) is 24.3 Å². The molecule has 2 aromatic rings. The molecule has 0 amide bonds. The zero-order chi connectivity index (χ0) is 16.4. The Balaban J connectivity index is 1.34. The Hall–Kier alpha value is -3.61. The summed E-state index contributed by atoms with van der Waals surface area (Å²) in [4.78, 5) is 11.9. The van der Waals surface area contributed by atoms with Gasteiger partial charge in [0.1, 0.15) is 0 Å². The standard InChI is InChI=1S/C17H12N6O/c24-17(11-5-13-1-7-15(8-2-13)22-18-19-22)12-6-14-3-9-16(10-4-14)23-20-21-23/h1-12H. The lowest BCUT2D eigenvalue weighted by atomic mass is 10.1. The fourth-order valence-electron chi connectivity index (χ4n) is 2.10. The smallest absolute Gasteiger partial charge is 0.178 e. The summed E-state index contributed by atoms with van der Waals surface area (Å²) in [5, 5.41) is 17.9. The molecule has 0 aliphatic carbocycles. The van der Waals surface area contributed by atoms with Crippen LogP contribution in [0.25, 0.3) is 12.2 Å². The van der Waals surface area contributed by atoms with E-state index in [1.807, 2.05) is 48.5 Å². The highest BCUT2D eigenvalue weighted by Gasteiger charge is 2.13. The topological polar surface area (TPSA) is 72.5 Å². The van der Waals surface area contributed by atoms with Gasteiger partial charge < -0.3 is 0 Å². The van der Waals surface area contributed by atoms with Crippen LogP contribution in [0.3, 0.4) is 0 Å². The number of ketones is 1. The second-order valence-corrected chi connectivity index (χ2v) is 5.19. The van der Waals surface area contributed by atoms with Crippen molar-refractivity contribution in [1.29, 1.82) is 0 Å². The molecule has 7 nitrogen and oxygen atoms in total. The van der Waals surface area contributed by atoms with Crippen LogP contribution in [0, 0.1) is 0 Å². The normalized spacial score (nSPS) is 14.8. The highest BCUT2D eigenvalue weighted by atomic mass is 16.1. The molecule has 2 aliphatic heterocycles. The van der Waals surface area contributed by atoms with Crippen LogP contribution in [0.5, 0.6) is 0 Å². The summed E-state index contributed by atoms with van der Waals surface area (Å²) in [6.07, 6.45) is 6.64. The van der Waals surface area contributed by atoms with Crippen LogP contribution in [0.4, 0.5) is 11.4 Å². The van der Waals surface area contributed by atoms with E-state index in [0.717, 1.165) is 22.5 Å². The number of carbonyl (C=O) groups is 1. The SMILES string of the molecule is O=C(C=Cc1ccc(N2N=N2)cc1)C=Cc1ccc(N2N=N2)cc1. The van der Waals surface area contributed by atoms with Gasteiger partial charge in [0.2, 0.25) is 0 Å². The van der Waals surface area contributed by atoms with E-state index in [4.69, 9.17) is 0 Å². The molecule has 7 heteroatoms. The molecule has 0 spiro atoms. The quantitative estimate of drug-likeness (QED) is 0.750. The van der Waals surface area contributed by atoms with E-state index in [9.17, 15) is 4.79 Å². The maximum absolute atomic E-state index is 11.9. The molecule has 0 atom stereocenters. The summed E-state index contributed by atoms with van der Waals surface area (Å²) in [5.74, 6) is -0.0740. The summed E-state index contributed by atoms with van der Waals surface area (Å²) in [6.45, 7) is 0. The zero-order valence-corrected chi connectivity index (χ0v) is 12.5. The third kappa shape index (κ3) is 3.41. The first kappa shape index (κ1) is 14.0. The van der Waals surface area contributed by atoms with Gasteiger partial charge in [0.05, 0.1) is 11.4 Å². The number of carbonyl (C=O) groups excluding carboxylic acids is 1. The van der Waals surface area contributed by atoms with Crippen LogP contribution in [-0.2, 0) is 4.79 Å². The molecule has 0 bridgehead atoms. The lowest BCUT2D eigenvalue weighted by Gasteiger charge is -1.98. The van der Waals surface area contributed by atoms with Crippen molar-refractivity contribution < 1.29 is 4.79 Å². The van der Waals surface area contributed by atoms with Crippen molar-refractivity contribution in [3.05, 3.63) is 71.8 Å². The fraction of sp³-hybridized carbons (Fsp3) is 0. The Morgan fingerprint density at radius 3 is 1.38 bits per heavy atom. The van der Waals surface area contributed by atoms with Crippen LogP contribution < -0.4 is 10.2 Å². The number of allylic oxidation sites excluding steroid dienone is 2. The van der Waals surface area contributed by atoms with Crippen LogP contribution >= 0.6 is 0 Å². The molecule has 0 radical (unpaired) electrons. The molecule has 2 heterocycles. The fourth-order valence-corrected chi connectivity index (χ4v) is 2.10. The van der Waals surface area contributed by atoms with Gasteiger partial charge in [0, 0.05) is 0 Å². The Kier molecular flexibility index (Phi) is 3.43. The number of benzene rings is 2. The first-order valence-electron chi connectivity index (χ1n) is 7.32. The zero-order valence-electron chi connectivity index (χ0n) is 12.5. The van der Waals surface area contributed by atoms with Gasteiger partial charge >= 0.3 is 0 Å². The van der Waals surface area contributed by atoms with Gasteiger partial charge in [-0.15, -0.1) is 10.2 Å². The lowest BCUT2D eigenvalue weighted by molar-refractivity contribution is -0.110. The monoisotopic (exact) mass is 316 g/mol. The van der Waals surface area contributed by atoms with Crippen molar-refractivity contribution in [2.75, 3.05) is 10.2 Å². The molecular formula is C17H12N6O. The molecule has 0 saturated heterocycles. The van der Waals surface area contributed by atoms with Crippen molar-refractivity contribution in [1.82, 2.24) is 0 Å². The molecule has 2 aromatic carbocycles. The molecule has 2 aliphatic rings. The maximum atomic E-state index is 11.9. The largest absolute Gasteiger partial charge is 0.290 e. The first-order valence-corrected chi connectivity index (χ1v) is 7.32. The molecule has 0 fully saturated rings. The summed E-state index contributed by atoms with van der Waals surface area (Å²) in [7, 11) is 0. The van der Waals surface area contributed by atoms with Gasteiger partial charge in [-0.25, -0.2) is 0 Å². The highest BCUT2D eigenvalue weighted by Crippen LogP contribution is 2.24. The van der Waals surface area contributed by atoms with E-state index in [-0.39, 0.29) is 5.78 Å². The Bertz CT molecular complexity index is 795. The predicted octanol–water partition coefficient (Wildman–Crippen LogP) is 4.19. The summed E-state index contributed by atoms with van der Waals surface area (Å²) < 4.78 is 0. The third-order valence-electron chi connectivity index (χ3n) is 3.49. The predicted molar refractivity (Wildman–Crippen MR) is 90.6 cm³/mol. The summed E-state index contributed by atoms with van der Waals surface area (Å²) in [5.41, 5.74) is 3.70. The van der Waals surface area contributed by atoms with Crippen molar-refractivity contribution in [2.45, 2.75) is 0 Å². The van der Waals surface area contributed by atoms with Gasteiger partial charge in [0.15, 0.2) is 5.78 Å². The van der Waals surface area contributed by atoms with Crippen molar-refractivity contribution >= 4 is 29.3 Å². The van der Waals surface area contributed by atoms with Crippen LogP contribution in [0.2, 0.25) is 0 Å². The highest BCUT2D eigenvalue weighted by molar-refractivity contribution is 6.04. The Morgan fingerprint density at radius 2 is 1.04 bits per heavy atom. The average Bonchev–Trinajstić information content (AvgIpc) is 3.50. The number of nitrogens with zero attached hydrogens (tertiary/aromatic N) is 6. The van der Waals surface area contributed by atoms with E-state index in [2.05, 4.69) is 20.9 Å². The van der Waals surface area contributed by atoms with Crippen molar-refractivity contribution in [2.24, 2.45) is 20.9 Å². The number of anilines is 2. The molecular weight excluding hydrogens is 304 g/mol. The molecule has 0 saturated carbocycles. The number of rotatable bonds is 6. The third-order valence-corrected chi connectivity index (χ3v) is 3.49. The first-order chi connectivity index (χ1) is 11.8. The van der Waals surface area contributed by atoms with Crippen LogP contribution in [-0.4, -0.2) is 5.78 Å². The maximum Gasteiger partial charge on any atom is 0.178 e. The second-order valence-electron chi connectivity index (χ2n) is 5.19. The van der Waals surface area contributed by atoms with E-state index >= 15 is 0 Å². The summed E-state index contributed by atoms with van der Waals surface area (Å²) in [6, 6.07) is 15.2. The van der Waals surface area contributed by atoms with E-state index in [0.29, 0.717) is 0 Å². The number of hydrogen-bond donors (Lipinski definition) is 0. The lowest BCUT2D eigenvalue weighted by Crippen LogP contribution is -1.89. The second kappa shape index (κ2) is 5.88. The molecule has 4 rings (SSSR count). The van der Waals surface area contributed by atoms with Gasteiger partial charge in [-0.2, -0.15) is 0 Å². The molecule has 0 unspecified atom stereocenters. The van der Waals surface area contributed by atoms with Gasteiger partial charge in [-0.1, -0.05) is 36.4 Å².